The van der Waals surface area contributed by atoms with E-state index in [-0.39, 0.29) is 22.7 Å². The molecule has 4 nitrogen and oxygen atoms in total. The third-order valence-electron chi connectivity index (χ3n) is 2.25. The van der Waals surface area contributed by atoms with Crippen molar-refractivity contribution in [2.75, 3.05) is 0 Å². The van der Waals surface area contributed by atoms with Gasteiger partial charge in [0.15, 0.2) is 5.82 Å². The highest BCUT2D eigenvalue weighted by Crippen LogP contribution is 2.18. The van der Waals surface area contributed by atoms with E-state index >= 15 is 0 Å². The number of rotatable bonds is 1. The van der Waals surface area contributed by atoms with Crippen molar-refractivity contribution >= 4 is 16.8 Å². The highest BCUT2D eigenvalue weighted by atomic mass is 19.1. The number of para-hydroxylation sites is 1. The van der Waals surface area contributed by atoms with E-state index < -0.39 is 5.82 Å². The van der Waals surface area contributed by atoms with Gasteiger partial charge in [0.1, 0.15) is 11.2 Å². The Balaban J connectivity index is 2.43. The number of benzene rings is 1. The Kier molecular flexibility index (Phi) is 2.61. The molecule has 0 spiro atoms. The van der Waals surface area contributed by atoms with Crippen LogP contribution >= 0.6 is 0 Å². The fraction of sp³-hybridized carbons (Fsp3) is 0.333. The average molecular weight is 235 g/mol. The number of aromatic amines is 1. The first-order valence-corrected chi connectivity index (χ1v) is 5.33. The maximum absolute atomic E-state index is 13.4. The zero-order valence-electron chi connectivity index (χ0n) is 9.97. The predicted molar refractivity (Wildman–Crippen MR) is 63.3 cm³/mol. The molecule has 1 heterocycles. The molecule has 0 saturated heterocycles. The third-order valence-corrected chi connectivity index (χ3v) is 2.25. The molecule has 1 amide bonds. The number of nitrogens with one attached hydrogen (secondary N) is 2. The van der Waals surface area contributed by atoms with Gasteiger partial charge in [0.25, 0.3) is 5.91 Å². The quantitative estimate of drug-likeness (QED) is 0.796. The SMILES string of the molecule is CC(C)(C)NC(=O)c1[nH]nc2c(F)cccc12. The number of halogens is 1. The van der Waals surface area contributed by atoms with Gasteiger partial charge in [-0.05, 0) is 26.8 Å². The normalized spacial score (nSPS) is 11.8. The zero-order valence-corrected chi connectivity index (χ0v) is 9.97. The second kappa shape index (κ2) is 3.84. The van der Waals surface area contributed by atoms with Crippen LogP contribution in [0, 0.1) is 5.82 Å². The van der Waals surface area contributed by atoms with Crippen LogP contribution in [0.5, 0.6) is 0 Å². The Morgan fingerprint density at radius 2 is 2.12 bits per heavy atom. The molecular formula is C12H14FN3O. The molecule has 0 radical (unpaired) electrons. The Hall–Kier alpha value is -1.91. The fourth-order valence-corrected chi connectivity index (χ4v) is 1.58. The molecule has 0 fully saturated rings. The third kappa shape index (κ3) is 2.27. The van der Waals surface area contributed by atoms with E-state index in [1.54, 1.807) is 12.1 Å². The summed E-state index contributed by atoms with van der Waals surface area (Å²) < 4.78 is 13.4. The summed E-state index contributed by atoms with van der Waals surface area (Å²) in [6, 6.07) is 4.54. The second-order valence-electron chi connectivity index (χ2n) is 4.94. The predicted octanol–water partition coefficient (Wildman–Crippen LogP) is 2.23. The van der Waals surface area contributed by atoms with Crippen molar-refractivity contribution in [3.05, 3.63) is 29.7 Å². The molecule has 90 valence electrons. The summed E-state index contributed by atoms with van der Waals surface area (Å²) in [4.78, 5) is 11.9. The summed E-state index contributed by atoms with van der Waals surface area (Å²) in [5, 5.41) is 9.68. The smallest absolute Gasteiger partial charge is 0.270 e. The summed E-state index contributed by atoms with van der Waals surface area (Å²) in [5.74, 6) is -0.723. The lowest BCUT2D eigenvalue weighted by molar-refractivity contribution is 0.0916. The van der Waals surface area contributed by atoms with Crippen LogP contribution in [0.1, 0.15) is 31.3 Å². The van der Waals surface area contributed by atoms with Gasteiger partial charge in [-0.15, -0.1) is 0 Å². The minimum absolute atomic E-state index is 0.187. The molecule has 2 rings (SSSR count). The van der Waals surface area contributed by atoms with Crippen LogP contribution in [0.15, 0.2) is 18.2 Å². The Bertz CT molecular complexity index is 569. The van der Waals surface area contributed by atoms with E-state index in [1.165, 1.54) is 6.07 Å². The Morgan fingerprint density at radius 1 is 1.41 bits per heavy atom. The topological polar surface area (TPSA) is 57.8 Å². The van der Waals surface area contributed by atoms with E-state index in [2.05, 4.69) is 15.5 Å². The van der Waals surface area contributed by atoms with Gasteiger partial charge in [0.2, 0.25) is 0 Å². The number of aromatic nitrogens is 2. The maximum Gasteiger partial charge on any atom is 0.270 e. The van der Waals surface area contributed by atoms with Crippen molar-refractivity contribution < 1.29 is 9.18 Å². The van der Waals surface area contributed by atoms with Gasteiger partial charge in [0.05, 0.1) is 0 Å². The first-order chi connectivity index (χ1) is 7.88. The number of carbonyl (C=O) groups excluding carboxylic acids is 1. The van der Waals surface area contributed by atoms with Gasteiger partial charge < -0.3 is 5.32 Å². The first kappa shape index (κ1) is 11.6. The Morgan fingerprint density at radius 3 is 2.76 bits per heavy atom. The van der Waals surface area contributed by atoms with Gasteiger partial charge in [-0.3, -0.25) is 9.89 Å². The number of hydrogen-bond donors (Lipinski definition) is 2. The van der Waals surface area contributed by atoms with Gasteiger partial charge in [-0.2, -0.15) is 5.10 Å². The largest absolute Gasteiger partial charge is 0.346 e. The number of H-pyrrole nitrogens is 1. The zero-order chi connectivity index (χ0) is 12.6. The molecule has 0 aliphatic rings. The molecule has 1 aromatic heterocycles. The maximum atomic E-state index is 13.4. The van der Waals surface area contributed by atoms with Crippen LogP contribution in [0.4, 0.5) is 4.39 Å². The van der Waals surface area contributed by atoms with Crippen molar-refractivity contribution in [2.24, 2.45) is 0 Å². The molecule has 17 heavy (non-hydrogen) atoms. The van der Waals surface area contributed by atoms with Crippen molar-refractivity contribution in [3.8, 4) is 0 Å². The molecule has 2 N–H and O–H groups in total. The lowest BCUT2D eigenvalue weighted by atomic mass is 10.1. The average Bonchev–Trinajstić information content (AvgIpc) is 2.60. The highest BCUT2D eigenvalue weighted by Gasteiger charge is 2.19. The second-order valence-corrected chi connectivity index (χ2v) is 4.94. The number of hydrogen-bond acceptors (Lipinski definition) is 2. The fourth-order valence-electron chi connectivity index (χ4n) is 1.58. The monoisotopic (exact) mass is 235 g/mol. The number of fused-ring (bicyclic) bond motifs is 1. The van der Waals surface area contributed by atoms with E-state index in [4.69, 9.17) is 0 Å². The summed E-state index contributed by atoms with van der Waals surface area (Å²) in [7, 11) is 0. The van der Waals surface area contributed by atoms with Crippen LogP contribution in [0.25, 0.3) is 10.9 Å². The van der Waals surface area contributed by atoms with Crippen molar-refractivity contribution in [1.29, 1.82) is 0 Å². The van der Waals surface area contributed by atoms with Crippen molar-refractivity contribution in [2.45, 2.75) is 26.3 Å². The summed E-state index contributed by atoms with van der Waals surface area (Å²) >= 11 is 0. The first-order valence-electron chi connectivity index (χ1n) is 5.33. The molecule has 0 saturated carbocycles. The van der Waals surface area contributed by atoms with E-state index in [0.29, 0.717) is 5.39 Å². The van der Waals surface area contributed by atoms with Gasteiger partial charge in [-0.25, -0.2) is 4.39 Å². The molecule has 1 aromatic carbocycles. The van der Waals surface area contributed by atoms with Crippen LogP contribution in [-0.2, 0) is 0 Å². The van der Waals surface area contributed by atoms with Crippen molar-refractivity contribution in [1.82, 2.24) is 15.5 Å². The molecule has 0 bridgehead atoms. The van der Waals surface area contributed by atoms with Crippen LogP contribution in [-0.4, -0.2) is 21.6 Å². The number of amides is 1. The lowest BCUT2D eigenvalue weighted by Gasteiger charge is -2.19. The summed E-state index contributed by atoms with van der Waals surface area (Å²) in [6.45, 7) is 5.64. The number of carbonyl (C=O) groups is 1. The molecule has 0 aliphatic carbocycles. The molecular weight excluding hydrogens is 221 g/mol. The molecule has 2 aromatic rings. The van der Waals surface area contributed by atoms with Crippen LogP contribution in [0.2, 0.25) is 0 Å². The van der Waals surface area contributed by atoms with E-state index in [1.807, 2.05) is 20.8 Å². The molecule has 5 heteroatoms. The lowest BCUT2D eigenvalue weighted by Crippen LogP contribution is -2.40. The summed E-state index contributed by atoms with van der Waals surface area (Å²) in [6.07, 6.45) is 0. The number of nitrogens with zero attached hydrogens (tertiary/aromatic N) is 1. The minimum atomic E-state index is -0.437. The van der Waals surface area contributed by atoms with E-state index in [9.17, 15) is 9.18 Å². The van der Waals surface area contributed by atoms with Crippen LogP contribution < -0.4 is 5.32 Å². The Labute approximate surface area is 98.2 Å². The standard InChI is InChI=1S/C12H14FN3O/c1-12(2,3)14-11(17)10-7-5-4-6-8(13)9(7)15-16-10/h4-6H,1-3H3,(H,14,17)(H,15,16). The van der Waals surface area contributed by atoms with Gasteiger partial charge >= 0.3 is 0 Å². The van der Waals surface area contributed by atoms with Gasteiger partial charge in [0, 0.05) is 10.9 Å². The van der Waals surface area contributed by atoms with Crippen LogP contribution in [0.3, 0.4) is 0 Å². The highest BCUT2D eigenvalue weighted by molar-refractivity contribution is 6.04. The van der Waals surface area contributed by atoms with Crippen molar-refractivity contribution in [3.63, 3.8) is 0 Å². The van der Waals surface area contributed by atoms with E-state index in [0.717, 1.165) is 0 Å². The summed E-state index contributed by atoms with van der Waals surface area (Å²) in [5.41, 5.74) is 0.128. The minimum Gasteiger partial charge on any atom is -0.346 e. The molecule has 0 unspecified atom stereocenters. The molecule has 0 aliphatic heterocycles. The molecule has 0 atom stereocenters. The van der Waals surface area contributed by atoms with Gasteiger partial charge in [-0.1, -0.05) is 12.1 Å².